The molecule has 11 heteroatoms. The Morgan fingerprint density at radius 1 is 1.00 bits per heavy atom. The molecule has 7 rings (SSSR count). The smallest absolute Gasteiger partial charge is 0.326 e. The molecule has 1 saturated heterocycles. The Hall–Kier alpha value is -4.05. The quantitative estimate of drug-likeness (QED) is 0.124. The van der Waals surface area contributed by atoms with Gasteiger partial charge in [-0.1, -0.05) is 29.8 Å². The number of Topliss-reactive ketones (excluding diaryl/α,β-unsaturated/α-hetero) is 1. The number of nitro groups is 1. The molecule has 2 aromatic rings. The molecule has 2 saturated carbocycles. The molecule has 194 valence electrons. The van der Waals surface area contributed by atoms with Crippen molar-refractivity contribution in [2.24, 2.45) is 35.5 Å². The van der Waals surface area contributed by atoms with E-state index in [2.05, 4.69) is 12.2 Å². The monoisotopic (exact) mass is 536 g/mol. The number of hydrogen-bond acceptors (Lipinski definition) is 8. The second kappa shape index (κ2) is 9.05. The zero-order valence-electron chi connectivity index (χ0n) is 19.8. The minimum Gasteiger partial charge on any atom is -0.456 e. The van der Waals surface area contributed by atoms with Gasteiger partial charge in [0.2, 0.25) is 17.6 Å². The molecule has 38 heavy (non-hydrogen) atoms. The number of nitrogens with zero attached hydrogens (tertiary/aromatic N) is 2. The van der Waals surface area contributed by atoms with Gasteiger partial charge in [0.25, 0.3) is 0 Å². The third-order valence-electron chi connectivity index (χ3n) is 7.94. The summed E-state index contributed by atoms with van der Waals surface area (Å²) in [5, 5.41) is 11.3. The molecule has 2 bridgehead atoms. The molecule has 1 aliphatic heterocycles. The van der Waals surface area contributed by atoms with E-state index in [0.29, 0.717) is 11.8 Å². The van der Waals surface area contributed by atoms with E-state index in [0.717, 1.165) is 11.3 Å². The van der Waals surface area contributed by atoms with Gasteiger partial charge in [0, 0.05) is 11.6 Å². The number of carbonyl (C=O) groups excluding carboxylic acids is 4. The summed E-state index contributed by atoms with van der Waals surface area (Å²) >= 11 is 6.04. The maximum Gasteiger partial charge on any atom is 0.326 e. The second-order valence-electron chi connectivity index (χ2n) is 9.97. The third kappa shape index (κ3) is 3.96. The number of nitro benzene ring substituents is 1. The topological polar surface area (TPSA) is 133 Å². The first-order valence-electron chi connectivity index (χ1n) is 12.2. The van der Waals surface area contributed by atoms with Crippen molar-refractivity contribution in [1.29, 1.82) is 0 Å². The van der Waals surface area contributed by atoms with Crippen molar-refractivity contribution < 1.29 is 33.6 Å². The molecule has 0 N–H and O–H groups in total. The van der Waals surface area contributed by atoms with Crippen LogP contribution in [0.4, 0.5) is 5.69 Å². The lowest BCUT2D eigenvalue weighted by molar-refractivity contribution is -0.385. The van der Waals surface area contributed by atoms with Crippen LogP contribution in [0.25, 0.3) is 0 Å². The van der Waals surface area contributed by atoms with Crippen molar-refractivity contribution in [2.45, 2.75) is 6.42 Å². The molecule has 5 aliphatic rings. The first-order valence-corrected chi connectivity index (χ1v) is 12.6. The van der Waals surface area contributed by atoms with Gasteiger partial charge >= 0.3 is 11.7 Å². The van der Waals surface area contributed by atoms with Gasteiger partial charge in [0.1, 0.15) is 12.3 Å². The first kappa shape index (κ1) is 24.3. The molecule has 2 amide bonds. The van der Waals surface area contributed by atoms with E-state index in [1.807, 2.05) is 0 Å². The number of ether oxygens (including phenoxy) is 2. The van der Waals surface area contributed by atoms with Gasteiger partial charge in [0.15, 0.2) is 12.4 Å². The Bertz CT molecular complexity index is 1380. The van der Waals surface area contributed by atoms with Crippen LogP contribution in [0, 0.1) is 45.6 Å². The maximum absolute atomic E-state index is 13.0. The molecule has 4 aliphatic carbocycles. The third-order valence-corrected chi connectivity index (χ3v) is 8.24. The summed E-state index contributed by atoms with van der Waals surface area (Å²) in [7, 11) is 0. The van der Waals surface area contributed by atoms with E-state index in [4.69, 9.17) is 21.1 Å². The number of allylic oxidation sites excluding steroid dienone is 2. The van der Waals surface area contributed by atoms with Gasteiger partial charge < -0.3 is 9.47 Å². The average Bonchev–Trinajstić information content (AvgIpc) is 3.69. The standard InChI is InChI=1S/C27H21ClN2O8/c28-19-2-1-3-20(30(35)36)25(19)38-14-6-4-13(5-7-14)21(31)12-37-22(32)11-29-26(33)23-15-8-9-16(18-10-17(15)18)24(23)27(29)34/h1-9,15-18,23-24H,10-12H2/t15-,16+,17-,18-,23+,24+/m1/s1. The van der Waals surface area contributed by atoms with Crippen LogP contribution in [-0.4, -0.2) is 46.5 Å². The molecule has 10 nitrogen and oxygen atoms in total. The minimum atomic E-state index is -0.838. The number of rotatable bonds is 8. The van der Waals surface area contributed by atoms with E-state index < -0.39 is 41.7 Å². The number of ketones is 1. The molecule has 1 heterocycles. The summed E-state index contributed by atoms with van der Waals surface area (Å²) in [6, 6.07) is 9.84. The van der Waals surface area contributed by atoms with Crippen LogP contribution < -0.4 is 4.74 Å². The van der Waals surface area contributed by atoms with Crippen LogP contribution in [0.3, 0.4) is 0 Å². The normalized spacial score (nSPS) is 28.1. The van der Waals surface area contributed by atoms with E-state index >= 15 is 0 Å². The van der Waals surface area contributed by atoms with Crippen LogP contribution in [-0.2, 0) is 19.1 Å². The van der Waals surface area contributed by atoms with Crippen LogP contribution in [0.2, 0.25) is 5.02 Å². The predicted octanol–water partition coefficient (Wildman–Crippen LogP) is 3.82. The SMILES string of the molecule is O=C(CN1C(=O)[C@H]2[C@@H]3C=C[C@@H]([C@H]4C[C@H]34)[C@@H]2C1=O)OCC(=O)c1ccc(Oc2c(Cl)cccc2[N+](=O)[O-])cc1. The first-order chi connectivity index (χ1) is 18.2. The molecule has 2 aromatic carbocycles. The highest BCUT2D eigenvalue weighted by Gasteiger charge is 2.67. The number of halogens is 1. The van der Waals surface area contributed by atoms with Crippen molar-refractivity contribution >= 4 is 40.9 Å². The Balaban J connectivity index is 1.04. The number of hydrogen-bond donors (Lipinski definition) is 0. The maximum atomic E-state index is 13.0. The predicted molar refractivity (Wildman–Crippen MR) is 131 cm³/mol. The molecule has 0 unspecified atom stereocenters. The second-order valence-corrected chi connectivity index (χ2v) is 10.4. The van der Waals surface area contributed by atoms with Gasteiger partial charge in [-0.05, 0) is 60.4 Å². The van der Waals surface area contributed by atoms with Crippen LogP contribution >= 0.6 is 11.6 Å². The van der Waals surface area contributed by atoms with E-state index in [-0.39, 0.29) is 51.4 Å². The average molecular weight is 537 g/mol. The summed E-state index contributed by atoms with van der Waals surface area (Å²) in [6.45, 7) is -1.09. The summed E-state index contributed by atoms with van der Waals surface area (Å²) in [5.74, 6) is -1.68. The van der Waals surface area contributed by atoms with Gasteiger partial charge in [-0.15, -0.1) is 0 Å². The summed E-state index contributed by atoms with van der Waals surface area (Å²) in [4.78, 5) is 62.5. The number of carbonyl (C=O) groups is 4. The number of para-hydroxylation sites is 1. The lowest BCUT2D eigenvalue weighted by Gasteiger charge is -2.37. The van der Waals surface area contributed by atoms with Crippen LogP contribution in [0.1, 0.15) is 16.8 Å². The van der Waals surface area contributed by atoms with E-state index in [9.17, 15) is 29.3 Å². The largest absolute Gasteiger partial charge is 0.456 e. The zero-order chi connectivity index (χ0) is 26.7. The Labute approximate surface area is 221 Å². The van der Waals surface area contributed by atoms with Gasteiger partial charge in [-0.3, -0.25) is 34.2 Å². The molecule has 3 fully saturated rings. The number of imide groups is 1. The highest BCUT2D eigenvalue weighted by Crippen LogP contribution is 2.65. The molecular weight excluding hydrogens is 516 g/mol. The number of benzene rings is 2. The van der Waals surface area contributed by atoms with Crippen LogP contribution in [0.5, 0.6) is 11.5 Å². The van der Waals surface area contributed by atoms with Gasteiger partial charge in [-0.25, -0.2) is 0 Å². The van der Waals surface area contributed by atoms with E-state index in [1.165, 1.54) is 42.5 Å². The Morgan fingerprint density at radius 3 is 2.24 bits per heavy atom. The molecule has 0 radical (unpaired) electrons. The lowest BCUT2D eigenvalue weighted by atomic mass is 9.63. The fourth-order valence-corrected chi connectivity index (χ4v) is 6.36. The van der Waals surface area contributed by atoms with Crippen molar-refractivity contribution in [3.05, 3.63) is 75.3 Å². The number of likely N-dealkylation sites (tertiary alicyclic amines) is 1. The Morgan fingerprint density at radius 2 is 1.63 bits per heavy atom. The fourth-order valence-electron chi connectivity index (χ4n) is 6.15. The Kier molecular flexibility index (Phi) is 5.79. The summed E-state index contributed by atoms with van der Waals surface area (Å²) < 4.78 is 10.6. The molecule has 0 aromatic heterocycles. The summed E-state index contributed by atoms with van der Waals surface area (Å²) in [6.07, 6.45) is 5.16. The highest BCUT2D eigenvalue weighted by atomic mass is 35.5. The minimum absolute atomic E-state index is 0.0567. The molecule has 6 atom stereocenters. The van der Waals surface area contributed by atoms with E-state index in [1.54, 1.807) is 0 Å². The van der Waals surface area contributed by atoms with Crippen molar-refractivity contribution in [1.82, 2.24) is 4.90 Å². The molecular formula is C27H21ClN2O8. The summed E-state index contributed by atoms with van der Waals surface area (Å²) in [5.41, 5.74) is -0.0977. The number of amides is 2. The van der Waals surface area contributed by atoms with Crippen molar-refractivity contribution in [2.75, 3.05) is 13.2 Å². The lowest BCUT2D eigenvalue weighted by Crippen LogP contribution is -2.40. The zero-order valence-corrected chi connectivity index (χ0v) is 20.6. The van der Waals surface area contributed by atoms with Crippen molar-refractivity contribution in [3.63, 3.8) is 0 Å². The number of esters is 1. The van der Waals surface area contributed by atoms with Gasteiger partial charge in [0.05, 0.1) is 21.8 Å². The molecule has 0 spiro atoms. The van der Waals surface area contributed by atoms with Crippen molar-refractivity contribution in [3.8, 4) is 11.5 Å². The van der Waals surface area contributed by atoms with Crippen LogP contribution in [0.15, 0.2) is 54.6 Å². The highest BCUT2D eigenvalue weighted by molar-refractivity contribution is 6.32. The fraction of sp³-hybridized carbons (Fsp3) is 0.333. The van der Waals surface area contributed by atoms with Gasteiger partial charge in [-0.2, -0.15) is 0 Å².